The zero-order valence-electron chi connectivity index (χ0n) is 18.5. The third kappa shape index (κ3) is 5.78. The van der Waals surface area contributed by atoms with Crippen LogP contribution in [0.3, 0.4) is 0 Å². The largest absolute Gasteiger partial charge is 0.463 e. The summed E-state index contributed by atoms with van der Waals surface area (Å²) < 4.78 is 34.0. The number of hydrogen-bond donors (Lipinski definition) is 2. The molecule has 1 saturated carbocycles. The van der Waals surface area contributed by atoms with Gasteiger partial charge in [-0.25, -0.2) is 8.42 Å². The molecule has 0 bridgehead atoms. The molecule has 170 valence electrons. The van der Waals surface area contributed by atoms with Gasteiger partial charge in [-0.2, -0.15) is 0 Å². The van der Waals surface area contributed by atoms with Gasteiger partial charge in [0.05, 0.1) is 12.0 Å². The molecule has 2 N–H and O–H groups in total. The molecule has 32 heavy (non-hydrogen) atoms. The van der Waals surface area contributed by atoms with Crippen LogP contribution >= 0.6 is 0 Å². The second-order valence-corrected chi connectivity index (χ2v) is 10.3. The molecule has 7 heteroatoms. The number of aromatic nitrogens is 1. The first kappa shape index (κ1) is 22.6. The Balaban J connectivity index is 1.40. The standard InChI is InChI=1S/C25H31N3O3S/c1-19(16-20-8-3-2-4-9-20)26-17-21-10-5-6-11-23(21)28-32(29,30)22-13-14-24(27-18-22)25-12-7-15-31-25/h5-7,10-15,18-20,26,28H,2-4,8-9,16-17H2,1H3/t19-/m0/s1. The summed E-state index contributed by atoms with van der Waals surface area (Å²) in [5.41, 5.74) is 2.09. The van der Waals surface area contributed by atoms with Crippen LogP contribution in [0.1, 0.15) is 51.0 Å². The lowest BCUT2D eigenvalue weighted by molar-refractivity contribution is 0.305. The summed E-state index contributed by atoms with van der Waals surface area (Å²) in [6, 6.07) is 14.7. The van der Waals surface area contributed by atoms with Gasteiger partial charge in [-0.1, -0.05) is 50.3 Å². The molecule has 0 saturated heterocycles. The Morgan fingerprint density at radius 3 is 2.59 bits per heavy atom. The Kier molecular flexibility index (Phi) is 7.27. The van der Waals surface area contributed by atoms with Crippen molar-refractivity contribution >= 4 is 15.7 Å². The quantitative estimate of drug-likeness (QED) is 0.441. The van der Waals surface area contributed by atoms with E-state index < -0.39 is 10.0 Å². The van der Waals surface area contributed by atoms with Gasteiger partial charge in [-0.3, -0.25) is 9.71 Å². The van der Waals surface area contributed by atoms with E-state index in [-0.39, 0.29) is 4.90 Å². The lowest BCUT2D eigenvalue weighted by Gasteiger charge is -2.25. The van der Waals surface area contributed by atoms with Crippen LogP contribution in [-0.2, 0) is 16.6 Å². The molecule has 6 nitrogen and oxygen atoms in total. The van der Waals surface area contributed by atoms with E-state index in [2.05, 4.69) is 21.9 Å². The van der Waals surface area contributed by atoms with Crippen molar-refractivity contribution in [2.24, 2.45) is 5.92 Å². The second kappa shape index (κ2) is 10.3. The Morgan fingerprint density at radius 2 is 1.88 bits per heavy atom. The van der Waals surface area contributed by atoms with Crippen LogP contribution in [-0.4, -0.2) is 19.4 Å². The summed E-state index contributed by atoms with van der Waals surface area (Å²) in [5.74, 6) is 1.40. The van der Waals surface area contributed by atoms with Crippen molar-refractivity contribution in [3.05, 3.63) is 66.6 Å². The third-order valence-electron chi connectivity index (χ3n) is 6.13. The lowest BCUT2D eigenvalue weighted by atomic mass is 9.85. The number of rotatable bonds is 9. The summed E-state index contributed by atoms with van der Waals surface area (Å²) in [6.45, 7) is 2.83. The van der Waals surface area contributed by atoms with Gasteiger partial charge in [0.1, 0.15) is 10.6 Å². The molecule has 0 amide bonds. The number of nitrogens with one attached hydrogen (secondary N) is 2. The molecule has 2 aromatic heterocycles. The van der Waals surface area contributed by atoms with Crippen LogP contribution in [0.15, 0.2) is 70.3 Å². The number of furan rings is 1. The van der Waals surface area contributed by atoms with Crippen LogP contribution in [0.25, 0.3) is 11.5 Å². The van der Waals surface area contributed by atoms with Gasteiger partial charge in [-0.05, 0) is 55.2 Å². The number of nitrogens with zero attached hydrogens (tertiary/aromatic N) is 1. The summed E-state index contributed by atoms with van der Waals surface area (Å²) >= 11 is 0. The van der Waals surface area contributed by atoms with Crippen LogP contribution in [0, 0.1) is 5.92 Å². The maximum atomic E-state index is 13.0. The summed E-state index contributed by atoms with van der Waals surface area (Å²) in [6.07, 6.45) is 10.8. The molecule has 1 fully saturated rings. The van der Waals surface area contributed by atoms with Gasteiger partial charge in [0.2, 0.25) is 0 Å². The highest BCUT2D eigenvalue weighted by atomic mass is 32.2. The molecule has 1 aliphatic carbocycles. The van der Waals surface area contributed by atoms with Crippen molar-refractivity contribution in [3.8, 4) is 11.5 Å². The molecule has 2 heterocycles. The Labute approximate surface area is 190 Å². The van der Waals surface area contributed by atoms with Crippen LogP contribution < -0.4 is 10.0 Å². The Hall–Kier alpha value is -2.64. The van der Waals surface area contributed by atoms with E-state index in [1.165, 1.54) is 44.7 Å². The summed E-state index contributed by atoms with van der Waals surface area (Å²) in [7, 11) is -3.75. The van der Waals surface area contributed by atoms with Gasteiger partial charge < -0.3 is 9.73 Å². The second-order valence-electron chi connectivity index (χ2n) is 8.64. The van der Waals surface area contributed by atoms with Gasteiger partial charge >= 0.3 is 0 Å². The molecule has 4 rings (SSSR count). The average Bonchev–Trinajstić information content (AvgIpc) is 3.34. The minimum absolute atomic E-state index is 0.112. The van der Waals surface area contributed by atoms with E-state index in [1.807, 2.05) is 18.2 Å². The Morgan fingerprint density at radius 1 is 1.06 bits per heavy atom. The smallest absolute Gasteiger partial charge is 0.263 e. The molecule has 1 aliphatic rings. The van der Waals surface area contributed by atoms with Crippen LogP contribution in [0.2, 0.25) is 0 Å². The molecule has 0 unspecified atom stereocenters. The minimum Gasteiger partial charge on any atom is -0.463 e. The van der Waals surface area contributed by atoms with Crippen molar-refractivity contribution in [2.45, 2.75) is 62.9 Å². The highest BCUT2D eigenvalue weighted by Crippen LogP contribution is 2.28. The SMILES string of the molecule is C[C@@H](CC1CCCCC1)NCc1ccccc1NS(=O)(=O)c1ccc(-c2ccco2)nc1. The lowest BCUT2D eigenvalue weighted by Crippen LogP contribution is -2.29. The minimum atomic E-state index is -3.75. The first-order chi connectivity index (χ1) is 15.5. The van der Waals surface area contributed by atoms with E-state index >= 15 is 0 Å². The van der Waals surface area contributed by atoms with Crippen molar-refractivity contribution in [1.82, 2.24) is 10.3 Å². The molecule has 1 atom stereocenters. The predicted octanol–water partition coefficient (Wildman–Crippen LogP) is 5.59. The van der Waals surface area contributed by atoms with Crippen molar-refractivity contribution in [1.29, 1.82) is 0 Å². The first-order valence-corrected chi connectivity index (χ1v) is 12.8. The fourth-order valence-electron chi connectivity index (χ4n) is 4.38. The van der Waals surface area contributed by atoms with E-state index in [1.54, 1.807) is 36.6 Å². The molecule has 0 aliphatic heterocycles. The monoisotopic (exact) mass is 453 g/mol. The van der Waals surface area contributed by atoms with Crippen molar-refractivity contribution < 1.29 is 12.8 Å². The van der Waals surface area contributed by atoms with E-state index in [9.17, 15) is 8.42 Å². The topological polar surface area (TPSA) is 84.2 Å². The number of sulfonamides is 1. The van der Waals surface area contributed by atoms with Gasteiger partial charge in [0, 0.05) is 18.8 Å². The molecule has 0 spiro atoms. The number of pyridine rings is 1. The zero-order valence-corrected chi connectivity index (χ0v) is 19.3. The summed E-state index contributed by atoms with van der Waals surface area (Å²) in [5, 5.41) is 3.58. The Bertz CT molecular complexity index is 1090. The van der Waals surface area contributed by atoms with E-state index in [0.717, 1.165) is 11.5 Å². The van der Waals surface area contributed by atoms with Gasteiger partial charge in [-0.15, -0.1) is 0 Å². The highest BCUT2D eigenvalue weighted by Gasteiger charge is 2.19. The third-order valence-corrected chi connectivity index (χ3v) is 7.49. The predicted molar refractivity (Wildman–Crippen MR) is 127 cm³/mol. The molecular formula is C25H31N3O3S. The highest BCUT2D eigenvalue weighted by molar-refractivity contribution is 7.92. The van der Waals surface area contributed by atoms with E-state index in [0.29, 0.717) is 29.7 Å². The average molecular weight is 454 g/mol. The molecule has 1 aromatic carbocycles. The maximum absolute atomic E-state index is 13.0. The van der Waals surface area contributed by atoms with E-state index in [4.69, 9.17) is 4.42 Å². The molecular weight excluding hydrogens is 422 g/mol. The normalized spacial score (nSPS) is 16.0. The van der Waals surface area contributed by atoms with Gasteiger partial charge in [0.15, 0.2) is 5.76 Å². The molecule has 3 aromatic rings. The summed E-state index contributed by atoms with van der Waals surface area (Å²) in [4.78, 5) is 4.35. The zero-order chi connectivity index (χ0) is 22.4. The maximum Gasteiger partial charge on any atom is 0.263 e. The first-order valence-electron chi connectivity index (χ1n) is 11.4. The van der Waals surface area contributed by atoms with Gasteiger partial charge in [0.25, 0.3) is 10.0 Å². The fourth-order valence-corrected chi connectivity index (χ4v) is 5.42. The number of benzene rings is 1. The van der Waals surface area contributed by atoms with Crippen LogP contribution in [0.5, 0.6) is 0 Å². The van der Waals surface area contributed by atoms with Crippen molar-refractivity contribution in [2.75, 3.05) is 4.72 Å². The molecule has 0 radical (unpaired) electrons. The van der Waals surface area contributed by atoms with Crippen LogP contribution in [0.4, 0.5) is 5.69 Å². The fraction of sp³-hybridized carbons (Fsp3) is 0.400. The number of anilines is 1. The number of hydrogen-bond acceptors (Lipinski definition) is 5. The van der Waals surface area contributed by atoms with Crippen molar-refractivity contribution in [3.63, 3.8) is 0 Å². The number of para-hydroxylation sites is 1.